The molecule has 3 nitrogen and oxygen atoms in total. The number of hydrogen-bond donors (Lipinski definition) is 1. The molecule has 0 fully saturated rings. The van der Waals surface area contributed by atoms with Crippen molar-refractivity contribution < 1.29 is 0 Å². The third-order valence-corrected chi connectivity index (χ3v) is 4.00. The molecule has 1 aliphatic rings. The summed E-state index contributed by atoms with van der Waals surface area (Å²) in [5.74, 6) is 0.714. The van der Waals surface area contributed by atoms with E-state index in [0.29, 0.717) is 5.92 Å². The average molecular weight is 289 g/mol. The van der Waals surface area contributed by atoms with Gasteiger partial charge >= 0.3 is 0 Å². The molecular formula is C18H31N3. The van der Waals surface area contributed by atoms with Gasteiger partial charge in [0.2, 0.25) is 0 Å². The van der Waals surface area contributed by atoms with Crippen LogP contribution in [0.4, 0.5) is 5.69 Å². The van der Waals surface area contributed by atoms with E-state index in [9.17, 15) is 0 Å². The fraction of sp³-hybridized carbons (Fsp3) is 0.667. The maximum atomic E-state index is 3.50. The molecule has 0 amide bonds. The smallest absolute Gasteiger partial charge is 0.0372 e. The van der Waals surface area contributed by atoms with Crippen LogP contribution in [0.25, 0.3) is 0 Å². The Morgan fingerprint density at radius 1 is 1.19 bits per heavy atom. The molecule has 0 bridgehead atoms. The van der Waals surface area contributed by atoms with Gasteiger partial charge in [-0.1, -0.05) is 26.0 Å². The minimum Gasteiger partial charge on any atom is -0.385 e. The van der Waals surface area contributed by atoms with Gasteiger partial charge < -0.3 is 10.2 Å². The largest absolute Gasteiger partial charge is 0.385 e. The van der Waals surface area contributed by atoms with Crippen LogP contribution in [0.1, 0.15) is 31.4 Å². The average Bonchev–Trinajstić information content (AvgIpc) is 2.44. The van der Waals surface area contributed by atoms with Crippen LogP contribution in [-0.4, -0.2) is 50.1 Å². The first kappa shape index (κ1) is 16.3. The molecule has 1 aromatic carbocycles. The molecular weight excluding hydrogens is 258 g/mol. The molecule has 118 valence electrons. The van der Waals surface area contributed by atoms with Crippen molar-refractivity contribution in [2.24, 2.45) is 5.92 Å². The molecule has 0 aliphatic carbocycles. The number of anilines is 1. The molecule has 21 heavy (non-hydrogen) atoms. The third-order valence-electron chi connectivity index (χ3n) is 4.00. The summed E-state index contributed by atoms with van der Waals surface area (Å²) in [6, 6.07) is 6.97. The van der Waals surface area contributed by atoms with Gasteiger partial charge in [0.1, 0.15) is 0 Å². The van der Waals surface area contributed by atoms with Gasteiger partial charge in [0.25, 0.3) is 0 Å². The number of nitrogens with zero attached hydrogens (tertiary/aromatic N) is 2. The lowest BCUT2D eigenvalue weighted by molar-refractivity contribution is 0.211. The second kappa shape index (κ2) is 7.81. The van der Waals surface area contributed by atoms with Crippen LogP contribution in [0.15, 0.2) is 18.2 Å². The predicted octanol–water partition coefficient (Wildman–Crippen LogP) is 3.06. The van der Waals surface area contributed by atoms with Gasteiger partial charge in [0.15, 0.2) is 0 Å². The molecule has 0 atom stereocenters. The molecule has 0 spiro atoms. The van der Waals surface area contributed by atoms with Crippen LogP contribution in [0, 0.1) is 5.92 Å². The second-order valence-electron chi connectivity index (χ2n) is 6.95. The summed E-state index contributed by atoms with van der Waals surface area (Å²) < 4.78 is 0. The van der Waals surface area contributed by atoms with Crippen molar-refractivity contribution in [1.29, 1.82) is 0 Å². The van der Waals surface area contributed by atoms with Crippen LogP contribution >= 0.6 is 0 Å². The number of aryl methyl sites for hydroxylation is 1. The molecule has 0 saturated carbocycles. The van der Waals surface area contributed by atoms with Crippen molar-refractivity contribution in [2.45, 2.75) is 33.2 Å². The fourth-order valence-electron chi connectivity index (χ4n) is 2.98. The Morgan fingerprint density at radius 3 is 2.71 bits per heavy atom. The van der Waals surface area contributed by atoms with Crippen LogP contribution in [0.3, 0.4) is 0 Å². The molecule has 2 rings (SSSR count). The minimum absolute atomic E-state index is 0.714. The van der Waals surface area contributed by atoms with Gasteiger partial charge in [0.05, 0.1) is 0 Å². The summed E-state index contributed by atoms with van der Waals surface area (Å²) in [4.78, 5) is 4.85. The zero-order valence-corrected chi connectivity index (χ0v) is 14.2. The first-order chi connectivity index (χ1) is 10.0. The highest BCUT2D eigenvalue weighted by atomic mass is 15.2. The summed E-state index contributed by atoms with van der Waals surface area (Å²) in [5.41, 5.74) is 4.29. The quantitative estimate of drug-likeness (QED) is 0.832. The summed E-state index contributed by atoms with van der Waals surface area (Å²) >= 11 is 0. The SMILES string of the molecule is CC(C)CN(CCN(C)C)Cc1ccc2c(c1)CCCN2. The van der Waals surface area contributed by atoms with Gasteiger partial charge in [-0.2, -0.15) is 0 Å². The van der Waals surface area contributed by atoms with Crippen LogP contribution in [0.5, 0.6) is 0 Å². The molecule has 0 aromatic heterocycles. The van der Waals surface area contributed by atoms with E-state index in [1.165, 1.54) is 36.2 Å². The van der Waals surface area contributed by atoms with Gasteiger partial charge in [-0.25, -0.2) is 0 Å². The highest BCUT2D eigenvalue weighted by molar-refractivity contribution is 5.54. The van der Waals surface area contributed by atoms with E-state index in [4.69, 9.17) is 0 Å². The molecule has 1 N–H and O–H groups in total. The predicted molar refractivity (Wildman–Crippen MR) is 91.9 cm³/mol. The van der Waals surface area contributed by atoms with Crippen molar-refractivity contribution in [3.05, 3.63) is 29.3 Å². The highest BCUT2D eigenvalue weighted by Gasteiger charge is 2.12. The monoisotopic (exact) mass is 289 g/mol. The summed E-state index contributed by atoms with van der Waals surface area (Å²) in [7, 11) is 4.30. The summed E-state index contributed by atoms with van der Waals surface area (Å²) in [5, 5.41) is 3.50. The molecule has 1 aromatic rings. The van der Waals surface area contributed by atoms with Crippen LogP contribution in [0.2, 0.25) is 0 Å². The Labute approximate surface area is 130 Å². The Morgan fingerprint density at radius 2 is 2.00 bits per heavy atom. The lowest BCUT2D eigenvalue weighted by Gasteiger charge is -2.27. The van der Waals surface area contributed by atoms with Crippen LogP contribution < -0.4 is 5.32 Å². The number of hydrogen-bond acceptors (Lipinski definition) is 3. The Balaban J connectivity index is 2.01. The fourth-order valence-corrected chi connectivity index (χ4v) is 2.98. The molecule has 1 heterocycles. The number of rotatable bonds is 7. The molecule has 0 saturated heterocycles. The molecule has 0 unspecified atom stereocenters. The normalized spacial score (nSPS) is 14.6. The van der Waals surface area contributed by atoms with Crippen LogP contribution in [-0.2, 0) is 13.0 Å². The standard InChI is InChI=1S/C18H31N3/c1-15(2)13-21(11-10-20(3)4)14-16-7-8-18-17(12-16)6-5-9-19-18/h7-8,12,15,19H,5-6,9-11,13-14H2,1-4H3. The second-order valence-corrected chi connectivity index (χ2v) is 6.95. The first-order valence-corrected chi connectivity index (χ1v) is 8.27. The van der Waals surface area contributed by atoms with Crippen molar-refractivity contribution in [2.75, 3.05) is 45.6 Å². The van der Waals surface area contributed by atoms with Gasteiger partial charge in [-0.15, -0.1) is 0 Å². The number of likely N-dealkylation sites (N-methyl/N-ethyl adjacent to an activating group) is 1. The zero-order valence-electron chi connectivity index (χ0n) is 14.2. The third kappa shape index (κ3) is 5.33. The van der Waals surface area contributed by atoms with Crippen molar-refractivity contribution in [1.82, 2.24) is 9.80 Å². The van der Waals surface area contributed by atoms with Gasteiger partial charge in [-0.05, 0) is 50.0 Å². The van der Waals surface area contributed by atoms with E-state index in [1.54, 1.807) is 0 Å². The minimum atomic E-state index is 0.714. The lowest BCUT2D eigenvalue weighted by atomic mass is 10.0. The van der Waals surface area contributed by atoms with Crippen molar-refractivity contribution in [3.63, 3.8) is 0 Å². The van der Waals surface area contributed by atoms with Crippen molar-refractivity contribution >= 4 is 5.69 Å². The topological polar surface area (TPSA) is 18.5 Å². The Kier molecular flexibility index (Phi) is 6.07. The summed E-state index contributed by atoms with van der Waals surface area (Å²) in [6.45, 7) is 10.2. The van der Waals surface area contributed by atoms with E-state index in [1.807, 2.05) is 0 Å². The maximum Gasteiger partial charge on any atom is 0.0372 e. The van der Waals surface area contributed by atoms with E-state index in [-0.39, 0.29) is 0 Å². The van der Waals surface area contributed by atoms with E-state index < -0.39 is 0 Å². The van der Waals surface area contributed by atoms with E-state index in [2.05, 4.69) is 61.3 Å². The Bertz CT molecular complexity index is 440. The Hall–Kier alpha value is -1.06. The van der Waals surface area contributed by atoms with E-state index >= 15 is 0 Å². The van der Waals surface area contributed by atoms with E-state index in [0.717, 1.165) is 26.2 Å². The summed E-state index contributed by atoms with van der Waals surface area (Å²) in [6.07, 6.45) is 2.48. The number of benzene rings is 1. The van der Waals surface area contributed by atoms with Gasteiger partial charge in [-0.3, -0.25) is 4.90 Å². The number of fused-ring (bicyclic) bond motifs is 1. The zero-order chi connectivity index (χ0) is 15.2. The molecule has 3 heteroatoms. The van der Waals surface area contributed by atoms with Gasteiger partial charge in [0, 0.05) is 38.4 Å². The highest BCUT2D eigenvalue weighted by Crippen LogP contribution is 2.23. The molecule has 1 aliphatic heterocycles. The maximum absolute atomic E-state index is 3.50. The first-order valence-electron chi connectivity index (χ1n) is 8.27. The van der Waals surface area contributed by atoms with Crippen molar-refractivity contribution in [3.8, 4) is 0 Å². The molecule has 0 radical (unpaired) electrons. The number of nitrogens with one attached hydrogen (secondary N) is 1. The lowest BCUT2D eigenvalue weighted by Crippen LogP contribution is -2.34.